The molecule has 1 aliphatic rings. The summed E-state index contributed by atoms with van der Waals surface area (Å²) in [6, 6.07) is 0. The van der Waals surface area contributed by atoms with E-state index in [1.54, 1.807) is 13.8 Å². The van der Waals surface area contributed by atoms with E-state index in [-0.39, 0.29) is 17.7 Å². The fraction of sp³-hybridized carbons (Fsp3) is 0.900. The Bertz CT molecular complexity index is 376. The van der Waals surface area contributed by atoms with Crippen molar-refractivity contribution < 1.29 is 13.2 Å². The Morgan fingerprint density at radius 1 is 1.65 bits per heavy atom. The lowest BCUT2D eigenvalue weighted by atomic mass is 10.00. The third kappa shape index (κ3) is 3.93. The topological polar surface area (TPSA) is 105 Å². The molecule has 1 rings (SSSR count). The van der Waals surface area contributed by atoms with Gasteiger partial charge in [0.2, 0.25) is 10.0 Å². The first-order valence-electron chi connectivity index (χ1n) is 5.77. The van der Waals surface area contributed by atoms with Crippen LogP contribution in [0.4, 0.5) is 0 Å². The second-order valence-corrected chi connectivity index (χ2v) is 6.38. The first kappa shape index (κ1) is 14.4. The van der Waals surface area contributed by atoms with Gasteiger partial charge in [-0.2, -0.15) is 0 Å². The maximum atomic E-state index is 11.9. The summed E-state index contributed by atoms with van der Waals surface area (Å²) < 4.78 is 31.6. The summed E-state index contributed by atoms with van der Waals surface area (Å²) in [5, 5.41) is 7.43. The fourth-order valence-electron chi connectivity index (χ4n) is 1.72. The van der Waals surface area contributed by atoms with Gasteiger partial charge in [0, 0.05) is 6.61 Å². The maximum Gasteiger partial charge on any atom is 0.215 e. The molecule has 1 heterocycles. The molecule has 1 aliphatic heterocycles. The zero-order valence-electron chi connectivity index (χ0n) is 10.3. The molecule has 0 aromatic carbocycles. The predicted octanol–water partition coefficient (Wildman–Crippen LogP) is 0.189. The molecule has 7 heteroatoms. The van der Waals surface area contributed by atoms with E-state index < -0.39 is 15.6 Å². The Hall–Kier alpha value is -0.660. The van der Waals surface area contributed by atoms with Gasteiger partial charge >= 0.3 is 0 Å². The molecule has 1 fully saturated rings. The molecule has 2 unspecified atom stereocenters. The van der Waals surface area contributed by atoms with Crippen LogP contribution < -0.4 is 10.5 Å². The summed E-state index contributed by atoms with van der Waals surface area (Å²) in [4.78, 5) is 0. The van der Waals surface area contributed by atoms with Crippen LogP contribution in [0.5, 0.6) is 0 Å². The standard InChI is InChI=1S/C10H21N3O3S/c1-3-10(2,9(11)12)13-17(14,15)7-8-5-4-6-16-8/h8,13H,3-7H2,1-2H3,(H3,11,12). The molecule has 0 radical (unpaired) electrons. The third-order valence-electron chi connectivity index (χ3n) is 3.11. The van der Waals surface area contributed by atoms with Crippen LogP contribution >= 0.6 is 0 Å². The molecular weight excluding hydrogens is 242 g/mol. The van der Waals surface area contributed by atoms with Crippen molar-refractivity contribution in [2.24, 2.45) is 5.73 Å². The van der Waals surface area contributed by atoms with E-state index in [0.717, 1.165) is 12.8 Å². The fourth-order valence-corrected chi connectivity index (χ4v) is 3.50. The van der Waals surface area contributed by atoms with Crippen LogP contribution in [0.1, 0.15) is 33.1 Å². The van der Waals surface area contributed by atoms with Gasteiger partial charge < -0.3 is 10.5 Å². The lowest BCUT2D eigenvalue weighted by Crippen LogP contribution is -2.55. The van der Waals surface area contributed by atoms with Crippen molar-refractivity contribution in [3.63, 3.8) is 0 Å². The first-order valence-corrected chi connectivity index (χ1v) is 7.42. The molecule has 0 aromatic rings. The van der Waals surface area contributed by atoms with Crippen molar-refractivity contribution in [1.29, 1.82) is 5.41 Å². The lowest BCUT2D eigenvalue weighted by Gasteiger charge is -2.28. The van der Waals surface area contributed by atoms with Gasteiger partial charge in [-0.1, -0.05) is 6.92 Å². The van der Waals surface area contributed by atoms with Crippen LogP contribution in [0.25, 0.3) is 0 Å². The SMILES string of the molecule is CCC(C)(NS(=O)(=O)CC1CCCO1)C(=N)N. The summed E-state index contributed by atoms with van der Waals surface area (Å²) in [6.45, 7) is 4.02. The van der Waals surface area contributed by atoms with Crippen molar-refractivity contribution in [2.75, 3.05) is 12.4 Å². The van der Waals surface area contributed by atoms with Crippen LogP contribution in [0.2, 0.25) is 0 Å². The highest BCUT2D eigenvalue weighted by Crippen LogP contribution is 2.16. The Morgan fingerprint density at radius 3 is 2.71 bits per heavy atom. The number of hydrogen-bond donors (Lipinski definition) is 3. The Morgan fingerprint density at radius 2 is 2.29 bits per heavy atom. The molecule has 4 N–H and O–H groups in total. The molecule has 0 aliphatic carbocycles. The molecule has 0 amide bonds. The Kier molecular flexibility index (Phi) is 4.51. The van der Waals surface area contributed by atoms with E-state index in [9.17, 15) is 8.42 Å². The number of ether oxygens (including phenoxy) is 1. The molecule has 100 valence electrons. The number of nitrogens with two attached hydrogens (primary N) is 1. The molecule has 17 heavy (non-hydrogen) atoms. The van der Waals surface area contributed by atoms with E-state index >= 15 is 0 Å². The molecule has 2 atom stereocenters. The van der Waals surface area contributed by atoms with Gasteiger partial charge in [0.1, 0.15) is 5.84 Å². The highest BCUT2D eigenvalue weighted by molar-refractivity contribution is 7.89. The van der Waals surface area contributed by atoms with E-state index in [1.165, 1.54) is 0 Å². The van der Waals surface area contributed by atoms with Gasteiger partial charge in [-0.25, -0.2) is 13.1 Å². The second kappa shape index (κ2) is 5.32. The molecule has 6 nitrogen and oxygen atoms in total. The number of amidine groups is 1. The summed E-state index contributed by atoms with van der Waals surface area (Å²) >= 11 is 0. The minimum atomic E-state index is -3.48. The lowest BCUT2D eigenvalue weighted by molar-refractivity contribution is 0.127. The molecule has 0 spiro atoms. The second-order valence-electron chi connectivity index (χ2n) is 4.62. The molecule has 0 bridgehead atoms. The summed E-state index contributed by atoms with van der Waals surface area (Å²) in [5.41, 5.74) is 4.42. The van der Waals surface area contributed by atoms with Gasteiger partial charge in [-0.15, -0.1) is 0 Å². The maximum absolute atomic E-state index is 11.9. The smallest absolute Gasteiger partial charge is 0.215 e. The molecule has 1 saturated heterocycles. The van der Waals surface area contributed by atoms with Gasteiger partial charge in [0.05, 0.1) is 17.4 Å². The van der Waals surface area contributed by atoms with Crippen molar-refractivity contribution in [1.82, 2.24) is 4.72 Å². The van der Waals surface area contributed by atoms with E-state index in [2.05, 4.69) is 4.72 Å². The highest BCUT2D eigenvalue weighted by Gasteiger charge is 2.33. The van der Waals surface area contributed by atoms with E-state index in [4.69, 9.17) is 15.9 Å². The first-order chi connectivity index (χ1) is 7.79. The number of nitrogens with one attached hydrogen (secondary N) is 2. The molecule has 0 saturated carbocycles. The summed E-state index contributed by atoms with van der Waals surface area (Å²) in [6.07, 6.45) is 1.87. The minimum absolute atomic E-state index is 0.0597. The number of hydrogen-bond acceptors (Lipinski definition) is 4. The average Bonchev–Trinajstić information content (AvgIpc) is 2.68. The normalized spacial score (nSPS) is 24.5. The zero-order chi connectivity index (χ0) is 13.1. The van der Waals surface area contributed by atoms with Crippen molar-refractivity contribution in [3.8, 4) is 0 Å². The van der Waals surface area contributed by atoms with Gasteiger partial charge in [0.15, 0.2) is 0 Å². The van der Waals surface area contributed by atoms with E-state index in [1.807, 2.05) is 0 Å². The van der Waals surface area contributed by atoms with Gasteiger partial charge in [0.25, 0.3) is 0 Å². The van der Waals surface area contributed by atoms with Crippen molar-refractivity contribution in [2.45, 2.75) is 44.8 Å². The quantitative estimate of drug-likeness (QED) is 0.470. The largest absolute Gasteiger partial charge is 0.386 e. The Labute approximate surface area is 102 Å². The van der Waals surface area contributed by atoms with Gasteiger partial charge in [-0.3, -0.25) is 5.41 Å². The average molecular weight is 263 g/mol. The zero-order valence-corrected chi connectivity index (χ0v) is 11.1. The van der Waals surface area contributed by atoms with Crippen LogP contribution in [0.15, 0.2) is 0 Å². The molecular formula is C10H21N3O3S. The van der Waals surface area contributed by atoms with E-state index in [0.29, 0.717) is 13.0 Å². The van der Waals surface area contributed by atoms with Crippen LogP contribution in [0.3, 0.4) is 0 Å². The van der Waals surface area contributed by atoms with Crippen LogP contribution in [0, 0.1) is 5.41 Å². The third-order valence-corrected chi connectivity index (χ3v) is 4.68. The van der Waals surface area contributed by atoms with Crippen LogP contribution in [-0.2, 0) is 14.8 Å². The van der Waals surface area contributed by atoms with Crippen molar-refractivity contribution >= 4 is 15.9 Å². The summed E-state index contributed by atoms with van der Waals surface area (Å²) in [5.74, 6) is -0.230. The minimum Gasteiger partial charge on any atom is -0.386 e. The van der Waals surface area contributed by atoms with Gasteiger partial charge in [-0.05, 0) is 26.2 Å². The van der Waals surface area contributed by atoms with Crippen LogP contribution in [-0.4, -0.2) is 38.3 Å². The summed E-state index contributed by atoms with van der Waals surface area (Å²) in [7, 11) is -3.48. The van der Waals surface area contributed by atoms with Crippen molar-refractivity contribution in [3.05, 3.63) is 0 Å². The monoisotopic (exact) mass is 263 g/mol. The number of sulfonamides is 1. The Balaban J connectivity index is 2.67. The number of rotatable bonds is 6. The molecule has 0 aromatic heterocycles. The predicted molar refractivity (Wildman–Crippen MR) is 66.5 cm³/mol. The highest BCUT2D eigenvalue weighted by atomic mass is 32.2.